The summed E-state index contributed by atoms with van der Waals surface area (Å²) in [6, 6.07) is 13.4. The van der Waals surface area contributed by atoms with Crippen molar-refractivity contribution in [2.75, 3.05) is 11.1 Å². The largest absolute Gasteiger partial charge is 0.325 e. The van der Waals surface area contributed by atoms with Crippen LogP contribution in [0.5, 0.6) is 0 Å². The molecular weight excluding hydrogens is 507 g/mol. The second kappa shape index (κ2) is 10.8. The molecule has 0 aliphatic rings. The summed E-state index contributed by atoms with van der Waals surface area (Å²) in [6.45, 7) is 8.60. The lowest BCUT2D eigenvalue weighted by Gasteiger charge is -2.10. The monoisotopic (exact) mass is 528 g/mol. The number of halogens is 2. The van der Waals surface area contributed by atoms with E-state index in [2.05, 4.69) is 65.6 Å². The van der Waals surface area contributed by atoms with E-state index in [1.165, 1.54) is 22.2 Å². The van der Waals surface area contributed by atoms with Crippen LogP contribution in [0, 0.1) is 13.8 Å². The van der Waals surface area contributed by atoms with E-state index in [0.29, 0.717) is 27.4 Å². The van der Waals surface area contributed by atoms with E-state index in [4.69, 9.17) is 23.2 Å². The summed E-state index contributed by atoms with van der Waals surface area (Å²) < 4.78 is 1.99. The quantitative estimate of drug-likeness (QED) is 0.190. The molecule has 2 aromatic carbocycles. The molecule has 9 heteroatoms. The summed E-state index contributed by atoms with van der Waals surface area (Å²) in [5.74, 6) is 0.724. The van der Waals surface area contributed by atoms with Gasteiger partial charge in [-0.2, -0.15) is 0 Å². The van der Waals surface area contributed by atoms with Crippen LogP contribution in [0.4, 0.5) is 5.69 Å². The van der Waals surface area contributed by atoms with Crippen LogP contribution >= 0.6 is 46.3 Å². The first-order valence-corrected chi connectivity index (χ1v) is 13.1. The van der Waals surface area contributed by atoms with Crippen molar-refractivity contribution in [2.45, 2.75) is 25.5 Å². The van der Waals surface area contributed by atoms with Crippen LogP contribution in [0.1, 0.15) is 10.4 Å². The average molecular weight is 530 g/mol. The number of amides is 1. The number of rotatable bonds is 8. The molecule has 0 spiro atoms. The molecule has 4 rings (SSSR count). The van der Waals surface area contributed by atoms with Gasteiger partial charge in [-0.1, -0.05) is 70.9 Å². The van der Waals surface area contributed by atoms with E-state index >= 15 is 0 Å². The molecule has 1 N–H and O–H groups in total. The van der Waals surface area contributed by atoms with Crippen LogP contribution in [0.2, 0.25) is 10.0 Å². The molecule has 0 saturated carbocycles. The molecule has 0 aliphatic heterocycles. The second-order valence-electron chi connectivity index (χ2n) is 7.65. The number of thiophene rings is 1. The zero-order valence-corrected chi connectivity index (χ0v) is 21.8. The van der Waals surface area contributed by atoms with Gasteiger partial charge in [-0.25, -0.2) is 0 Å². The Labute approximate surface area is 216 Å². The maximum Gasteiger partial charge on any atom is 0.234 e. The van der Waals surface area contributed by atoms with Gasteiger partial charge >= 0.3 is 0 Å². The van der Waals surface area contributed by atoms with Gasteiger partial charge in [-0.15, -0.1) is 28.1 Å². The number of thioether (sulfide) groups is 1. The van der Waals surface area contributed by atoms with Crippen LogP contribution in [0.3, 0.4) is 0 Å². The van der Waals surface area contributed by atoms with Gasteiger partial charge in [0.2, 0.25) is 5.91 Å². The van der Waals surface area contributed by atoms with Crippen molar-refractivity contribution < 1.29 is 4.79 Å². The molecule has 0 atom stereocenters. The van der Waals surface area contributed by atoms with Crippen LogP contribution in [0.25, 0.3) is 22.5 Å². The van der Waals surface area contributed by atoms with Crippen molar-refractivity contribution in [1.29, 1.82) is 0 Å². The van der Waals surface area contributed by atoms with Crippen LogP contribution in [-0.4, -0.2) is 26.4 Å². The van der Waals surface area contributed by atoms with Gasteiger partial charge in [0.25, 0.3) is 0 Å². The number of hydrogen-bond acceptors (Lipinski definition) is 5. The molecule has 0 fully saturated rings. The minimum absolute atomic E-state index is 0.160. The van der Waals surface area contributed by atoms with Crippen molar-refractivity contribution in [2.24, 2.45) is 0 Å². The lowest BCUT2D eigenvalue weighted by atomic mass is 10.0. The molecular formula is C25H22Cl2N4OS2. The van der Waals surface area contributed by atoms with Gasteiger partial charge in [0, 0.05) is 43.7 Å². The minimum Gasteiger partial charge on any atom is -0.325 e. The maximum absolute atomic E-state index is 12.5. The number of allylic oxidation sites excluding steroid dienone is 1. The van der Waals surface area contributed by atoms with Gasteiger partial charge in [0.15, 0.2) is 11.0 Å². The van der Waals surface area contributed by atoms with Crippen molar-refractivity contribution in [1.82, 2.24) is 14.8 Å². The predicted molar refractivity (Wildman–Crippen MR) is 144 cm³/mol. The molecule has 34 heavy (non-hydrogen) atoms. The van der Waals surface area contributed by atoms with Gasteiger partial charge < -0.3 is 5.32 Å². The highest BCUT2D eigenvalue weighted by Gasteiger charge is 2.20. The smallest absolute Gasteiger partial charge is 0.234 e. The summed E-state index contributed by atoms with van der Waals surface area (Å²) in [6.07, 6.45) is 1.80. The molecule has 5 nitrogen and oxygen atoms in total. The fourth-order valence-corrected chi connectivity index (χ4v) is 5.68. The van der Waals surface area contributed by atoms with E-state index in [0.717, 1.165) is 22.5 Å². The molecule has 0 aliphatic carbocycles. The van der Waals surface area contributed by atoms with Gasteiger partial charge in [-0.3, -0.25) is 9.36 Å². The number of nitrogens with one attached hydrogen (secondary N) is 1. The van der Waals surface area contributed by atoms with Gasteiger partial charge in [0.1, 0.15) is 0 Å². The Kier molecular flexibility index (Phi) is 7.78. The molecule has 174 valence electrons. The third kappa shape index (κ3) is 5.55. The zero-order valence-electron chi connectivity index (χ0n) is 18.6. The van der Waals surface area contributed by atoms with E-state index in [1.54, 1.807) is 35.6 Å². The first-order chi connectivity index (χ1) is 16.4. The number of hydrogen-bond donors (Lipinski definition) is 1. The van der Waals surface area contributed by atoms with E-state index in [-0.39, 0.29) is 11.7 Å². The number of carbonyl (C=O) groups is 1. The van der Waals surface area contributed by atoms with Crippen LogP contribution < -0.4 is 5.32 Å². The summed E-state index contributed by atoms with van der Waals surface area (Å²) >= 11 is 15.0. The van der Waals surface area contributed by atoms with Crippen molar-refractivity contribution in [3.63, 3.8) is 0 Å². The number of anilines is 1. The summed E-state index contributed by atoms with van der Waals surface area (Å²) in [7, 11) is 0. The molecule has 1 amide bonds. The fourth-order valence-electron chi connectivity index (χ4n) is 3.54. The molecule has 2 aromatic heterocycles. The Balaban J connectivity index is 1.58. The second-order valence-corrected chi connectivity index (χ2v) is 10.5. The molecule has 4 aromatic rings. The number of aryl methyl sites for hydroxylation is 2. The highest BCUT2D eigenvalue weighted by Crippen LogP contribution is 2.39. The first-order valence-electron chi connectivity index (χ1n) is 10.4. The molecule has 0 saturated heterocycles. The summed E-state index contributed by atoms with van der Waals surface area (Å²) in [5.41, 5.74) is 5.07. The van der Waals surface area contributed by atoms with Crippen LogP contribution in [0.15, 0.2) is 65.7 Å². The number of aromatic nitrogens is 3. The average Bonchev–Trinajstić information content (AvgIpc) is 3.35. The Morgan fingerprint density at radius 1 is 1.15 bits per heavy atom. The molecule has 0 radical (unpaired) electrons. The van der Waals surface area contributed by atoms with Crippen molar-refractivity contribution >= 4 is 57.9 Å². The van der Waals surface area contributed by atoms with E-state index in [1.807, 2.05) is 4.57 Å². The van der Waals surface area contributed by atoms with Crippen LogP contribution in [-0.2, 0) is 11.3 Å². The lowest BCUT2D eigenvalue weighted by Crippen LogP contribution is -2.14. The van der Waals surface area contributed by atoms with E-state index in [9.17, 15) is 4.79 Å². The third-order valence-electron chi connectivity index (χ3n) is 5.06. The Morgan fingerprint density at radius 2 is 1.85 bits per heavy atom. The number of carbonyl (C=O) groups excluding carboxylic acids is 1. The third-order valence-corrected chi connectivity index (χ3v) is 7.38. The Hall–Kier alpha value is -2.58. The molecule has 0 unspecified atom stereocenters. The lowest BCUT2D eigenvalue weighted by molar-refractivity contribution is -0.113. The topological polar surface area (TPSA) is 59.8 Å². The Bertz CT molecular complexity index is 1330. The first kappa shape index (κ1) is 24.5. The summed E-state index contributed by atoms with van der Waals surface area (Å²) in [5, 5.41) is 15.4. The number of nitrogens with zero attached hydrogens (tertiary/aromatic N) is 3. The fraction of sp³-hybridized carbons (Fsp3) is 0.160. The predicted octanol–water partition coefficient (Wildman–Crippen LogP) is 7.51. The Morgan fingerprint density at radius 3 is 2.53 bits per heavy atom. The highest BCUT2D eigenvalue weighted by molar-refractivity contribution is 7.99. The number of benzene rings is 2. The normalized spacial score (nSPS) is 10.9. The highest BCUT2D eigenvalue weighted by atomic mass is 35.5. The zero-order chi connectivity index (χ0) is 24.2. The van der Waals surface area contributed by atoms with Gasteiger partial charge in [-0.05, 0) is 37.6 Å². The molecule has 0 bridgehead atoms. The molecule has 2 heterocycles. The van der Waals surface area contributed by atoms with E-state index < -0.39 is 0 Å². The SMILES string of the molecule is C=CCn1c(SCC(=O)Nc2cc(Cl)cc(Cl)c2)nnc1-c1csc(C)c1-c1ccc(C)cc1. The minimum atomic E-state index is -0.190. The van der Waals surface area contributed by atoms with Crippen molar-refractivity contribution in [3.05, 3.63) is 81.0 Å². The summed E-state index contributed by atoms with van der Waals surface area (Å²) in [4.78, 5) is 13.7. The van der Waals surface area contributed by atoms with Crippen molar-refractivity contribution in [3.8, 4) is 22.5 Å². The maximum atomic E-state index is 12.5. The van der Waals surface area contributed by atoms with Gasteiger partial charge in [0.05, 0.1) is 5.75 Å². The standard InChI is InChI=1S/C25H22Cl2N4OS2/c1-4-9-31-24(21-13-33-16(3)23(21)17-7-5-15(2)6-8-17)29-30-25(31)34-14-22(32)28-20-11-18(26)10-19(27)12-20/h4-8,10-13H,1,9,14H2,2-3H3,(H,28,32).